The molecule has 0 unspecified atom stereocenters. The Morgan fingerprint density at radius 2 is 2.00 bits per heavy atom. The second-order valence-corrected chi connectivity index (χ2v) is 6.21. The average molecular weight is 249 g/mol. The summed E-state index contributed by atoms with van der Waals surface area (Å²) in [4.78, 5) is 4.58. The van der Waals surface area contributed by atoms with Crippen LogP contribution in [0.25, 0.3) is 0 Å². The maximum atomic E-state index is 4.58. The third kappa shape index (κ3) is 3.27. The Balaban J connectivity index is 1.90. The minimum Gasteiger partial charge on any atom is -0.355 e. The Kier molecular flexibility index (Phi) is 4.31. The van der Waals surface area contributed by atoms with Gasteiger partial charge in [-0.1, -0.05) is 19.8 Å². The van der Waals surface area contributed by atoms with Gasteiger partial charge in [0.15, 0.2) is 0 Å². The Morgan fingerprint density at radius 3 is 2.61 bits per heavy atom. The van der Waals surface area contributed by atoms with E-state index in [2.05, 4.69) is 48.8 Å². The van der Waals surface area contributed by atoms with Gasteiger partial charge in [-0.15, -0.1) is 0 Å². The molecule has 1 N–H and O–H groups in total. The fourth-order valence-corrected chi connectivity index (χ4v) is 2.81. The zero-order valence-corrected chi connectivity index (χ0v) is 12.2. The van der Waals surface area contributed by atoms with Crippen LogP contribution in [-0.2, 0) is 0 Å². The van der Waals surface area contributed by atoms with Crippen molar-refractivity contribution in [1.29, 1.82) is 0 Å². The van der Waals surface area contributed by atoms with Crippen LogP contribution in [0.5, 0.6) is 0 Å². The van der Waals surface area contributed by atoms with Crippen LogP contribution in [0.3, 0.4) is 0 Å². The lowest BCUT2D eigenvalue weighted by molar-refractivity contribution is 0.300. The van der Waals surface area contributed by atoms with Gasteiger partial charge in [-0.25, -0.2) is 4.98 Å². The molecule has 0 bridgehead atoms. The van der Waals surface area contributed by atoms with Gasteiger partial charge >= 0.3 is 0 Å². The van der Waals surface area contributed by atoms with Gasteiger partial charge in [-0.2, -0.15) is 0 Å². The molecule has 3 heteroatoms. The predicted molar refractivity (Wildman–Crippen MR) is 77.0 cm³/mol. The molecule has 0 aliphatic heterocycles. The third-order valence-electron chi connectivity index (χ3n) is 4.09. The molecule has 1 aliphatic rings. The first-order chi connectivity index (χ1) is 8.56. The largest absolute Gasteiger partial charge is 0.355 e. The van der Waals surface area contributed by atoms with E-state index in [-0.39, 0.29) is 0 Å². The van der Waals surface area contributed by atoms with Crippen molar-refractivity contribution < 1.29 is 0 Å². The SMILES string of the molecule is Cc1cn(C(C)C)c(NCC2CCC(C)CC2)n1. The molecule has 1 aromatic heterocycles. The fraction of sp³-hybridized carbons (Fsp3) is 0.800. The quantitative estimate of drug-likeness (QED) is 0.873. The van der Waals surface area contributed by atoms with Crippen molar-refractivity contribution in [3.63, 3.8) is 0 Å². The van der Waals surface area contributed by atoms with Crippen molar-refractivity contribution in [3.05, 3.63) is 11.9 Å². The summed E-state index contributed by atoms with van der Waals surface area (Å²) in [6, 6.07) is 0.472. The maximum Gasteiger partial charge on any atom is 0.203 e. The van der Waals surface area contributed by atoms with E-state index in [1.807, 2.05) is 0 Å². The zero-order valence-electron chi connectivity index (χ0n) is 12.2. The molecule has 1 heterocycles. The summed E-state index contributed by atoms with van der Waals surface area (Å²) < 4.78 is 2.24. The summed E-state index contributed by atoms with van der Waals surface area (Å²) >= 11 is 0. The lowest BCUT2D eigenvalue weighted by atomic mass is 9.83. The number of hydrogen-bond donors (Lipinski definition) is 1. The van der Waals surface area contributed by atoms with Gasteiger partial charge in [0.1, 0.15) is 0 Å². The van der Waals surface area contributed by atoms with Crippen molar-refractivity contribution in [1.82, 2.24) is 9.55 Å². The van der Waals surface area contributed by atoms with Gasteiger partial charge in [0.05, 0.1) is 5.69 Å². The highest BCUT2D eigenvalue weighted by molar-refractivity contribution is 5.29. The van der Waals surface area contributed by atoms with Crippen LogP contribution in [0.1, 0.15) is 58.2 Å². The summed E-state index contributed by atoms with van der Waals surface area (Å²) in [6.45, 7) is 9.92. The molecule has 3 nitrogen and oxygen atoms in total. The molecule has 1 aliphatic carbocycles. The first-order valence-electron chi connectivity index (χ1n) is 7.35. The van der Waals surface area contributed by atoms with Crippen LogP contribution in [-0.4, -0.2) is 16.1 Å². The van der Waals surface area contributed by atoms with E-state index in [9.17, 15) is 0 Å². The Labute approximate surface area is 111 Å². The number of nitrogens with zero attached hydrogens (tertiary/aromatic N) is 2. The van der Waals surface area contributed by atoms with Crippen LogP contribution in [0.2, 0.25) is 0 Å². The van der Waals surface area contributed by atoms with Crippen LogP contribution in [0.4, 0.5) is 5.95 Å². The normalized spacial score (nSPS) is 24.5. The molecule has 0 spiro atoms. The predicted octanol–water partition coefficient (Wildman–Crippen LogP) is 4.01. The molecule has 0 aromatic carbocycles. The Bertz CT molecular complexity index is 373. The monoisotopic (exact) mass is 249 g/mol. The van der Waals surface area contributed by atoms with E-state index in [0.29, 0.717) is 6.04 Å². The summed E-state index contributed by atoms with van der Waals surface area (Å²) in [6.07, 6.45) is 7.66. The molecule has 2 rings (SSSR count). The van der Waals surface area contributed by atoms with Crippen molar-refractivity contribution in [2.24, 2.45) is 11.8 Å². The van der Waals surface area contributed by atoms with Gasteiger partial charge < -0.3 is 9.88 Å². The zero-order chi connectivity index (χ0) is 13.1. The number of aromatic nitrogens is 2. The Morgan fingerprint density at radius 1 is 1.33 bits per heavy atom. The van der Waals surface area contributed by atoms with Crippen LogP contribution in [0.15, 0.2) is 6.20 Å². The molecule has 0 atom stereocenters. The number of imidazole rings is 1. The molecular formula is C15H27N3. The minimum atomic E-state index is 0.472. The first kappa shape index (κ1) is 13.4. The van der Waals surface area contributed by atoms with Crippen molar-refractivity contribution >= 4 is 5.95 Å². The highest BCUT2D eigenvalue weighted by Crippen LogP contribution is 2.28. The molecule has 0 radical (unpaired) electrons. The highest BCUT2D eigenvalue weighted by Gasteiger charge is 2.18. The lowest BCUT2D eigenvalue weighted by Crippen LogP contribution is -2.21. The highest BCUT2D eigenvalue weighted by atomic mass is 15.2. The van der Waals surface area contributed by atoms with E-state index >= 15 is 0 Å². The van der Waals surface area contributed by atoms with Gasteiger partial charge in [0.25, 0.3) is 0 Å². The summed E-state index contributed by atoms with van der Waals surface area (Å²) in [5.74, 6) is 2.81. The topological polar surface area (TPSA) is 29.9 Å². The maximum absolute atomic E-state index is 4.58. The lowest BCUT2D eigenvalue weighted by Gasteiger charge is -2.26. The molecule has 0 amide bonds. The smallest absolute Gasteiger partial charge is 0.203 e. The van der Waals surface area contributed by atoms with Crippen LogP contribution < -0.4 is 5.32 Å². The summed E-state index contributed by atoms with van der Waals surface area (Å²) in [5, 5.41) is 3.55. The minimum absolute atomic E-state index is 0.472. The number of aryl methyl sites for hydroxylation is 1. The second-order valence-electron chi connectivity index (χ2n) is 6.21. The number of nitrogens with one attached hydrogen (secondary N) is 1. The number of anilines is 1. The van der Waals surface area contributed by atoms with Gasteiger partial charge in [-0.05, 0) is 45.4 Å². The van der Waals surface area contributed by atoms with Crippen LogP contribution >= 0.6 is 0 Å². The molecule has 1 aromatic rings. The van der Waals surface area contributed by atoms with E-state index in [1.165, 1.54) is 25.7 Å². The third-order valence-corrected chi connectivity index (χ3v) is 4.09. The first-order valence-corrected chi connectivity index (χ1v) is 7.35. The number of hydrogen-bond acceptors (Lipinski definition) is 2. The van der Waals surface area contributed by atoms with Crippen molar-refractivity contribution in [3.8, 4) is 0 Å². The Hall–Kier alpha value is -0.990. The second kappa shape index (κ2) is 5.77. The molecule has 0 saturated heterocycles. The van der Waals surface area contributed by atoms with E-state index in [1.54, 1.807) is 0 Å². The molecule has 102 valence electrons. The van der Waals surface area contributed by atoms with Crippen molar-refractivity contribution in [2.75, 3.05) is 11.9 Å². The van der Waals surface area contributed by atoms with Gasteiger partial charge in [0.2, 0.25) is 5.95 Å². The number of rotatable bonds is 4. The van der Waals surface area contributed by atoms with E-state index in [0.717, 1.165) is 30.0 Å². The van der Waals surface area contributed by atoms with Crippen LogP contribution in [0, 0.1) is 18.8 Å². The fourth-order valence-electron chi connectivity index (χ4n) is 2.81. The molecule has 18 heavy (non-hydrogen) atoms. The van der Waals surface area contributed by atoms with E-state index in [4.69, 9.17) is 0 Å². The van der Waals surface area contributed by atoms with Crippen molar-refractivity contribution in [2.45, 2.75) is 59.4 Å². The summed E-state index contributed by atoms with van der Waals surface area (Å²) in [7, 11) is 0. The van der Waals surface area contributed by atoms with Gasteiger partial charge in [0, 0.05) is 18.8 Å². The summed E-state index contributed by atoms with van der Waals surface area (Å²) in [5.41, 5.74) is 1.10. The molecular weight excluding hydrogens is 222 g/mol. The average Bonchev–Trinajstić information content (AvgIpc) is 2.70. The standard InChI is InChI=1S/C15H27N3/c1-11(2)18-10-13(4)17-15(18)16-9-14-7-5-12(3)6-8-14/h10-12,14H,5-9H2,1-4H3,(H,16,17). The molecule has 1 saturated carbocycles. The molecule has 1 fully saturated rings. The van der Waals surface area contributed by atoms with Gasteiger partial charge in [-0.3, -0.25) is 0 Å². The van der Waals surface area contributed by atoms with E-state index < -0.39 is 0 Å².